The lowest BCUT2D eigenvalue weighted by Crippen LogP contribution is -2.11. The van der Waals surface area contributed by atoms with E-state index in [1.165, 1.54) is 0 Å². The van der Waals surface area contributed by atoms with E-state index < -0.39 is 0 Å². The number of aryl methyl sites for hydroxylation is 1. The predicted molar refractivity (Wildman–Crippen MR) is 61.3 cm³/mol. The molecule has 0 saturated carbocycles. The number of para-hydroxylation sites is 1. The number of hydrogen-bond donors (Lipinski definition) is 1. The molecule has 0 heterocycles. The highest BCUT2D eigenvalue weighted by Gasteiger charge is 2.08. The van der Waals surface area contributed by atoms with Gasteiger partial charge in [0.05, 0.1) is 12.8 Å². The molecule has 1 rings (SSSR count). The summed E-state index contributed by atoms with van der Waals surface area (Å²) in [7, 11) is 1.62. The Hall–Kier alpha value is -1.51. The Morgan fingerprint density at radius 2 is 2.13 bits per heavy atom. The third-order valence-electron chi connectivity index (χ3n) is 2.28. The van der Waals surface area contributed by atoms with Crippen LogP contribution in [0.5, 0.6) is 5.75 Å². The van der Waals surface area contributed by atoms with E-state index in [0.29, 0.717) is 6.42 Å². The molecule has 0 aliphatic carbocycles. The van der Waals surface area contributed by atoms with Crippen LogP contribution in [-0.4, -0.2) is 13.0 Å². The monoisotopic (exact) mass is 207 g/mol. The van der Waals surface area contributed by atoms with Gasteiger partial charge in [-0.1, -0.05) is 26.0 Å². The first-order valence-corrected chi connectivity index (χ1v) is 5.18. The minimum Gasteiger partial charge on any atom is -0.494 e. The number of carbonyl (C=O) groups is 1. The highest BCUT2D eigenvalue weighted by Crippen LogP contribution is 2.28. The molecule has 0 spiro atoms. The van der Waals surface area contributed by atoms with Crippen LogP contribution in [0.2, 0.25) is 0 Å². The van der Waals surface area contributed by atoms with E-state index >= 15 is 0 Å². The molecule has 82 valence electrons. The van der Waals surface area contributed by atoms with Crippen molar-refractivity contribution >= 4 is 11.6 Å². The lowest BCUT2D eigenvalue weighted by molar-refractivity contribution is -0.115. The Balaban J connectivity index is 3.00. The first kappa shape index (κ1) is 11.6. The molecule has 1 aromatic rings. The summed E-state index contributed by atoms with van der Waals surface area (Å²) < 4.78 is 5.30. The van der Waals surface area contributed by atoms with Gasteiger partial charge in [0.2, 0.25) is 5.91 Å². The highest BCUT2D eigenvalue weighted by molar-refractivity contribution is 5.92. The van der Waals surface area contributed by atoms with Gasteiger partial charge in [-0.05, 0) is 18.1 Å². The molecule has 1 aromatic carbocycles. The van der Waals surface area contributed by atoms with Crippen LogP contribution in [0.4, 0.5) is 5.69 Å². The molecular formula is C12H17NO2. The van der Waals surface area contributed by atoms with E-state index in [4.69, 9.17) is 4.74 Å². The third kappa shape index (κ3) is 2.72. The van der Waals surface area contributed by atoms with Crippen molar-refractivity contribution in [1.82, 2.24) is 0 Å². The largest absolute Gasteiger partial charge is 0.494 e. The maximum atomic E-state index is 11.3. The van der Waals surface area contributed by atoms with E-state index in [9.17, 15) is 4.79 Å². The molecule has 1 N–H and O–H groups in total. The van der Waals surface area contributed by atoms with Gasteiger partial charge in [-0.3, -0.25) is 4.79 Å². The lowest BCUT2D eigenvalue weighted by atomic mass is 10.1. The van der Waals surface area contributed by atoms with Crippen LogP contribution in [0.1, 0.15) is 25.8 Å². The zero-order valence-corrected chi connectivity index (χ0v) is 9.46. The van der Waals surface area contributed by atoms with Gasteiger partial charge >= 0.3 is 0 Å². The van der Waals surface area contributed by atoms with Gasteiger partial charge in [0, 0.05) is 6.42 Å². The molecule has 0 unspecified atom stereocenters. The molecule has 0 saturated heterocycles. The zero-order valence-electron chi connectivity index (χ0n) is 9.46. The summed E-state index contributed by atoms with van der Waals surface area (Å²) in [5.41, 5.74) is 1.86. The predicted octanol–water partition coefficient (Wildman–Crippen LogP) is 2.61. The Kier molecular flexibility index (Phi) is 4.16. The van der Waals surface area contributed by atoms with Crippen molar-refractivity contribution in [3.8, 4) is 5.75 Å². The summed E-state index contributed by atoms with van der Waals surface area (Å²) in [4.78, 5) is 11.3. The number of carbonyl (C=O) groups excluding carboxylic acids is 1. The Morgan fingerprint density at radius 1 is 1.40 bits per heavy atom. The van der Waals surface area contributed by atoms with Gasteiger partial charge in [-0.15, -0.1) is 0 Å². The van der Waals surface area contributed by atoms with E-state index in [1.807, 2.05) is 25.1 Å². The summed E-state index contributed by atoms with van der Waals surface area (Å²) in [6.45, 7) is 3.88. The molecule has 1 amide bonds. The fourth-order valence-electron chi connectivity index (χ4n) is 1.44. The smallest absolute Gasteiger partial charge is 0.224 e. The number of amides is 1. The molecule has 3 nitrogen and oxygen atoms in total. The maximum Gasteiger partial charge on any atom is 0.224 e. The van der Waals surface area contributed by atoms with E-state index in [1.54, 1.807) is 7.11 Å². The fourth-order valence-corrected chi connectivity index (χ4v) is 1.44. The molecule has 0 aromatic heterocycles. The van der Waals surface area contributed by atoms with Crippen LogP contribution in [-0.2, 0) is 11.2 Å². The minimum atomic E-state index is 0.00144. The lowest BCUT2D eigenvalue weighted by Gasteiger charge is -2.12. The highest BCUT2D eigenvalue weighted by atomic mass is 16.5. The number of ether oxygens (including phenoxy) is 1. The van der Waals surface area contributed by atoms with E-state index in [0.717, 1.165) is 23.4 Å². The standard InChI is InChI=1S/C12H17NO2/c1-4-9-7-6-8-10(12(9)15-3)13-11(14)5-2/h6-8H,4-5H2,1-3H3,(H,13,14). The van der Waals surface area contributed by atoms with Crippen LogP contribution in [0, 0.1) is 0 Å². The van der Waals surface area contributed by atoms with Gasteiger partial charge in [-0.25, -0.2) is 0 Å². The van der Waals surface area contributed by atoms with E-state index in [-0.39, 0.29) is 5.91 Å². The first-order valence-electron chi connectivity index (χ1n) is 5.18. The molecule has 0 radical (unpaired) electrons. The quantitative estimate of drug-likeness (QED) is 0.824. The molecule has 0 fully saturated rings. The second-order valence-electron chi connectivity index (χ2n) is 3.25. The molecular weight excluding hydrogens is 190 g/mol. The van der Waals surface area contributed by atoms with Crippen LogP contribution in [0.25, 0.3) is 0 Å². The minimum absolute atomic E-state index is 0.00144. The fraction of sp³-hybridized carbons (Fsp3) is 0.417. The third-order valence-corrected chi connectivity index (χ3v) is 2.28. The molecule has 3 heteroatoms. The average molecular weight is 207 g/mol. The molecule has 0 aliphatic rings. The molecule has 0 aliphatic heterocycles. The van der Waals surface area contributed by atoms with Crippen LogP contribution < -0.4 is 10.1 Å². The molecule has 0 atom stereocenters. The van der Waals surface area contributed by atoms with Gasteiger partial charge in [-0.2, -0.15) is 0 Å². The molecule has 15 heavy (non-hydrogen) atoms. The SMILES string of the molecule is CCC(=O)Nc1cccc(CC)c1OC. The van der Waals surface area contributed by atoms with Gasteiger partial charge in [0.15, 0.2) is 0 Å². The van der Waals surface area contributed by atoms with Gasteiger partial charge in [0.25, 0.3) is 0 Å². The first-order chi connectivity index (χ1) is 7.22. The summed E-state index contributed by atoms with van der Waals surface area (Å²) >= 11 is 0. The number of nitrogens with one attached hydrogen (secondary N) is 1. The Morgan fingerprint density at radius 3 is 2.67 bits per heavy atom. The van der Waals surface area contributed by atoms with E-state index in [2.05, 4.69) is 12.2 Å². The van der Waals surface area contributed by atoms with Crippen molar-refractivity contribution in [3.05, 3.63) is 23.8 Å². The number of anilines is 1. The van der Waals surface area contributed by atoms with Gasteiger partial charge in [0.1, 0.15) is 5.75 Å². The number of benzene rings is 1. The average Bonchev–Trinajstić information content (AvgIpc) is 2.28. The second kappa shape index (κ2) is 5.39. The normalized spacial score (nSPS) is 9.80. The van der Waals surface area contributed by atoms with Gasteiger partial charge < -0.3 is 10.1 Å². The zero-order chi connectivity index (χ0) is 11.3. The summed E-state index contributed by atoms with van der Waals surface area (Å²) in [6.07, 6.45) is 1.36. The maximum absolute atomic E-state index is 11.3. The van der Waals surface area contributed by atoms with Crippen molar-refractivity contribution < 1.29 is 9.53 Å². The van der Waals surface area contributed by atoms with Crippen LogP contribution >= 0.6 is 0 Å². The van der Waals surface area contributed by atoms with Crippen molar-refractivity contribution in [3.63, 3.8) is 0 Å². The topological polar surface area (TPSA) is 38.3 Å². The van der Waals surface area contributed by atoms with Crippen molar-refractivity contribution in [2.45, 2.75) is 26.7 Å². The van der Waals surface area contributed by atoms with Crippen LogP contribution in [0.15, 0.2) is 18.2 Å². The number of methoxy groups -OCH3 is 1. The summed E-state index contributed by atoms with van der Waals surface area (Å²) in [6, 6.07) is 5.78. The van der Waals surface area contributed by atoms with Crippen molar-refractivity contribution in [1.29, 1.82) is 0 Å². The Labute approximate surface area is 90.4 Å². The van der Waals surface area contributed by atoms with Crippen LogP contribution in [0.3, 0.4) is 0 Å². The second-order valence-corrected chi connectivity index (χ2v) is 3.25. The van der Waals surface area contributed by atoms with Crippen molar-refractivity contribution in [2.75, 3.05) is 12.4 Å². The summed E-state index contributed by atoms with van der Waals surface area (Å²) in [5.74, 6) is 0.767. The summed E-state index contributed by atoms with van der Waals surface area (Å²) in [5, 5.41) is 2.82. The van der Waals surface area contributed by atoms with Crippen molar-refractivity contribution in [2.24, 2.45) is 0 Å². The number of rotatable bonds is 4. The molecule has 0 bridgehead atoms. The Bertz CT molecular complexity index is 347. The number of hydrogen-bond acceptors (Lipinski definition) is 2.